The predicted octanol–water partition coefficient (Wildman–Crippen LogP) is 2.76. The number of thioether (sulfide) groups is 1. The van der Waals surface area contributed by atoms with E-state index in [2.05, 4.69) is 54.8 Å². The molecule has 0 amide bonds. The first-order chi connectivity index (χ1) is 8.68. The monoisotopic (exact) mass is 264 g/mol. The standard InChI is InChI=1S/C15H24N2S/c1-15(2)12-16-9-8-14(15)17-10-11-18-13-6-4-3-5-7-13/h3-7,14,16-17H,8-12H2,1-2H3. The topological polar surface area (TPSA) is 24.1 Å². The van der Waals surface area contributed by atoms with Gasteiger partial charge in [0.1, 0.15) is 0 Å². The fourth-order valence-corrected chi connectivity index (χ4v) is 3.27. The summed E-state index contributed by atoms with van der Waals surface area (Å²) in [6, 6.07) is 11.3. The van der Waals surface area contributed by atoms with E-state index in [1.165, 1.54) is 11.3 Å². The van der Waals surface area contributed by atoms with Crippen LogP contribution in [0.4, 0.5) is 0 Å². The van der Waals surface area contributed by atoms with Gasteiger partial charge in [-0.3, -0.25) is 0 Å². The quantitative estimate of drug-likeness (QED) is 0.632. The molecule has 1 aromatic carbocycles. The minimum Gasteiger partial charge on any atom is -0.316 e. The fourth-order valence-electron chi connectivity index (χ4n) is 2.47. The molecule has 1 aromatic rings. The Labute approximate surface area is 115 Å². The van der Waals surface area contributed by atoms with E-state index < -0.39 is 0 Å². The second-order valence-electron chi connectivity index (χ2n) is 5.62. The van der Waals surface area contributed by atoms with Crippen LogP contribution < -0.4 is 10.6 Å². The normalized spacial score (nSPS) is 22.9. The van der Waals surface area contributed by atoms with E-state index in [0.29, 0.717) is 11.5 Å². The third-order valence-corrected chi connectivity index (χ3v) is 4.65. The summed E-state index contributed by atoms with van der Waals surface area (Å²) in [4.78, 5) is 1.36. The molecule has 1 unspecified atom stereocenters. The summed E-state index contributed by atoms with van der Waals surface area (Å²) in [6.45, 7) is 8.05. The first-order valence-electron chi connectivity index (χ1n) is 6.80. The van der Waals surface area contributed by atoms with E-state index in [0.717, 1.165) is 25.4 Å². The van der Waals surface area contributed by atoms with E-state index in [9.17, 15) is 0 Å². The number of benzene rings is 1. The zero-order valence-corrected chi connectivity index (χ0v) is 12.2. The Bertz CT molecular complexity index is 351. The van der Waals surface area contributed by atoms with Crippen molar-refractivity contribution in [2.75, 3.05) is 25.4 Å². The van der Waals surface area contributed by atoms with E-state index in [1.54, 1.807) is 0 Å². The maximum atomic E-state index is 3.72. The Morgan fingerprint density at radius 2 is 2.11 bits per heavy atom. The van der Waals surface area contributed by atoms with E-state index in [4.69, 9.17) is 0 Å². The third-order valence-electron chi connectivity index (χ3n) is 3.64. The lowest BCUT2D eigenvalue weighted by molar-refractivity contribution is 0.188. The minimum atomic E-state index is 0.371. The first-order valence-corrected chi connectivity index (χ1v) is 7.79. The van der Waals surface area contributed by atoms with Gasteiger partial charge in [0.2, 0.25) is 0 Å². The second-order valence-corrected chi connectivity index (χ2v) is 6.79. The van der Waals surface area contributed by atoms with Crippen LogP contribution in [-0.2, 0) is 0 Å². The summed E-state index contributed by atoms with van der Waals surface area (Å²) in [6.07, 6.45) is 1.24. The van der Waals surface area contributed by atoms with Gasteiger partial charge >= 0.3 is 0 Å². The zero-order chi connectivity index (χ0) is 12.8. The highest BCUT2D eigenvalue weighted by Gasteiger charge is 2.31. The predicted molar refractivity (Wildman–Crippen MR) is 80.2 cm³/mol. The van der Waals surface area contributed by atoms with Crippen LogP contribution >= 0.6 is 11.8 Å². The Hall–Kier alpha value is -0.510. The smallest absolute Gasteiger partial charge is 0.0143 e. The second kappa shape index (κ2) is 6.60. The van der Waals surface area contributed by atoms with Gasteiger partial charge in [0, 0.05) is 29.8 Å². The lowest BCUT2D eigenvalue weighted by Gasteiger charge is -2.39. The van der Waals surface area contributed by atoms with Crippen LogP contribution in [0.3, 0.4) is 0 Å². The number of rotatable bonds is 5. The van der Waals surface area contributed by atoms with Crippen molar-refractivity contribution in [3.8, 4) is 0 Å². The van der Waals surface area contributed by atoms with Crippen molar-refractivity contribution in [2.24, 2.45) is 5.41 Å². The Morgan fingerprint density at radius 1 is 1.33 bits per heavy atom. The summed E-state index contributed by atoms with van der Waals surface area (Å²) in [5.74, 6) is 1.14. The van der Waals surface area contributed by atoms with Gasteiger partial charge in [0.15, 0.2) is 0 Å². The van der Waals surface area contributed by atoms with Crippen LogP contribution in [0, 0.1) is 5.41 Å². The molecule has 0 spiro atoms. The highest BCUT2D eigenvalue weighted by Crippen LogP contribution is 2.25. The van der Waals surface area contributed by atoms with Crippen LogP contribution in [0.5, 0.6) is 0 Å². The molecule has 0 radical (unpaired) electrons. The maximum Gasteiger partial charge on any atom is 0.0143 e. The molecular weight excluding hydrogens is 240 g/mol. The summed E-state index contributed by atoms with van der Waals surface area (Å²) in [5, 5.41) is 7.20. The molecule has 2 N–H and O–H groups in total. The highest BCUT2D eigenvalue weighted by molar-refractivity contribution is 7.99. The largest absolute Gasteiger partial charge is 0.316 e. The molecule has 18 heavy (non-hydrogen) atoms. The van der Waals surface area contributed by atoms with Crippen LogP contribution in [0.15, 0.2) is 35.2 Å². The van der Waals surface area contributed by atoms with Crippen molar-refractivity contribution in [3.63, 3.8) is 0 Å². The highest BCUT2D eigenvalue weighted by atomic mass is 32.2. The van der Waals surface area contributed by atoms with Crippen LogP contribution in [0.2, 0.25) is 0 Å². The molecule has 1 aliphatic heterocycles. The van der Waals surface area contributed by atoms with Gasteiger partial charge in [0.05, 0.1) is 0 Å². The van der Waals surface area contributed by atoms with Crippen molar-refractivity contribution in [2.45, 2.75) is 31.2 Å². The minimum absolute atomic E-state index is 0.371. The number of piperidine rings is 1. The Balaban J connectivity index is 1.69. The van der Waals surface area contributed by atoms with Gasteiger partial charge < -0.3 is 10.6 Å². The number of nitrogens with one attached hydrogen (secondary N) is 2. The molecule has 0 saturated carbocycles. The average Bonchev–Trinajstić information content (AvgIpc) is 2.37. The molecular formula is C15H24N2S. The zero-order valence-electron chi connectivity index (χ0n) is 11.4. The fraction of sp³-hybridized carbons (Fsp3) is 0.600. The van der Waals surface area contributed by atoms with Crippen molar-refractivity contribution < 1.29 is 0 Å². The number of hydrogen-bond acceptors (Lipinski definition) is 3. The molecule has 100 valence electrons. The lowest BCUT2D eigenvalue weighted by Crippen LogP contribution is -2.53. The molecule has 2 rings (SSSR count). The molecule has 1 saturated heterocycles. The molecule has 0 bridgehead atoms. The molecule has 3 heteroatoms. The molecule has 1 fully saturated rings. The van der Waals surface area contributed by atoms with Crippen molar-refractivity contribution in [1.29, 1.82) is 0 Å². The SMILES string of the molecule is CC1(C)CNCCC1NCCSc1ccccc1. The van der Waals surface area contributed by atoms with E-state index in [1.807, 2.05) is 11.8 Å². The van der Waals surface area contributed by atoms with Crippen LogP contribution in [-0.4, -0.2) is 31.4 Å². The van der Waals surface area contributed by atoms with Crippen LogP contribution in [0.1, 0.15) is 20.3 Å². The van der Waals surface area contributed by atoms with Gasteiger partial charge in [-0.15, -0.1) is 11.8 Å². The van der Waals surface area contributed by atoms with E-state index >= 15 is 0 Å². The average molecular weight is 264 g/mol. The van der Waals surface area contributed by atoms with Gasteiger partial charge in [-0.2, -0.15) is 0 Å². The van der Waals surface area contributed by atoms with Gasteiger partial charge in [-0.25, -0.2) is 0 Å². The lowest BCUT2D eigenvalue weighted by atomic mass is 9.80. The number of hydrogen-bond donors (Lipinski definition) is 2. The molecule has 1 atom stereocenters. The maximum absolute atomic E-state index is 3.72. The van der Waals surface area contributed by atoms with Crippen molar-refractivity contribution in [3.05, 3.63) is 30.3 Å². The van der Waals surface area contributed by atoms with Gasteiger partial charge in [-0.1, -0.05) is 32.0 Å². The summed E-state index contributed by atoms with van der Waals surface area (Å²) in [7, 11) is 0. The Kier molecular flexibility index (Phi) is 5.10. The molecule has 0 aliphatic carbocycles. The molecule has 1 heterocycles. The van der Waals surface area contributed by atoms with E-state index in [-0.39, 0.29) is 0 Å². The summed E-state index contributed by atoms with van der Waals surface area (Å²) < 4.78 is 0. The van der Waals surface area contributed by atoms with Gasteiger partial charge in [0.25, 0.3) is 0 Å². The first kappa shape index (κ1) is 13.9. The van der Waals surface area contributed by atoms with Gasteiger partial charge in [-0.05, 0) is 30.5 Å². The summed E-state index contributed by atoms with van der Waals surface area (Å²) >= 11 is 1.93. The molecule has 0 aromatic heterocycles. The Morgan fingerprint density at radius 3 is 2.83 bits per heavy atom. The third kappa shape index (κ3) is 4.01. The van der Waals surface area contributed by atoms with Crippen LogP contribution in [0.25, 0.3) is 0 Å². The molecule has 2 nitrogen and oxygen atoms in total. The van der Waals surface area contributed by atoms with Crippen molar-refractivity contribution >= 4 is 11.8 Å². The summed E-state index contributed by atoms with van der Waals surface area (Å²) in [5.41, 5.74) is 0.371. The van der Waals surface area contributed by atoms with Crippen molar-refractivity contribution in [1.82, 2.24) is 10.6 Å². The molecule has 1 aliphatic rings.